The van der Waals surface area contributed by atoms with Crippen LogP contribution in [-0.4, -0.2) is 23.7 Å². The second-order valence-corrected chi connectivity index (χ2v) is 4.23. The average molecular weight is 226 g/mol. The molecule has 0 saturated carbocycles. The van der Waals surface area contributed by atoms with Gasteiger partial charge in [-0.25, -0.2) is 0 Å². The lowest BCUT2D eigenvalue weighted by Gasteiger charge is -2.18. The van der Waals surface area contributed by atoms with E-state index in [1.165, 1.54) is 0 Å². The molecule has 4 heteroatoms. The van der Waals surface area contributed by atoms with Crippen LogP contribution in [0.3, 0.4) is 0 Å². The van der Waals surface area contributed by atoms with E-state index in [9.17, 15) is 9.90 Å². The van der Waals surface area contributed by atoms with E-state index in [1.54, 1.807) is 17.0 Å². The number of benzene rings is 1. The van der Waals surface area contributed by atoms with Crippen molar-refractivity contribution in [1.82, 2.24) is 0 Å². The molecular formula is C11H12ClNO2. The molecule has 1 aromatic rings. The molecule has 1 amide bonds. The smallest absolute Gasteiger partial charge is 0.229 e. The third-order valence-electron chi connectivity index (χ3n) is 2.57. The maximum atomic E-state index is 11.6. The van der Waals surface area contributed by atoms with Gasteiger partial charge in [0.05, 0.1) is 19.1 Å². The Labute approximate surface area is 93.3 Å². The van der Waals surface area contributed by atoms with Crippen molar-refractivity contribution in [3.8, 4) is 0 Å². The molecule has 80 valence electrons. The highest BCUT2D eigenvalue weighted by Crippen LogP contribution is 2.27. The number of halogens is 1. The zero-order chi connectivity index (χ0) is 11.0. The largest absolute Gasteiger partial charge is 0.391 e. The van der Waals surface area contributed by atoms with Crippen LogP contribution < -0.4 is 4.90 Å². The van der Waals surface area contributed by atoms with E-state index in [4.69, 9.17) is 11.6 Å². The zero-order valence-corrected chi connectivity index (χ0v) is 9.16. The van der Waals surface area contributed by atoms with Gasteiger partial charge in [0.15, 0.2) is 0 Å². The van der Waals surface area contributed by atoms with Crippen molar-refractivity contribution in [1.29, 1.82) is 0 Å². The minimum absolute atomic E-state index is 0.0483. The van der Waals surface area contributed by atoms with E-state index < -0.39 is 6.10 Å². The van der Waals surface area contributed by atoms with Crippen LogP contribution in [0.2, 0.25) is 5.02 Å². The molecule has 15 heavy (non-hydrogen) atoms. The molecule has 0 spiro atoms. The molecular weight excluding hydrogens is 214 g/mol. The van der Waals surface area contributed by atoms with Crippen molar-refractivity contribution in [2.24, 2.45) is 0 Å². The number of β-amino-alcohol motifs (C(OH)–C–C–N with tert-alkyl or cyclic N) is 1. The summed E-state index contributed by atoms with van der Waals surface area (Å²) in [4.78, 5) is 13.2. The van der Waals surface area contributed by atoms with Gasteiger partial charge in [-0.3, -0.25) is 4.79 Å². The van der Waals surface area contributed by atoms with Gasteiger partial charge in [0.25, 0.3) is 0 Å². The minimum atomic E-state index is -0.559. The number of aliphatic hydroxyl groups excluding tert-OH is 1. The molecule has 0 bridgehead atoms. The Kier molecular flexibility index (Phi) is 2.67. The summed E-state index contributed by atoms with van der Waals surface area (Å²) in [6, 6.07) is 5.42. The van der Waals surface area contributed by atoms with Gasteiger partial charge in [0, 0.05) is 10.7 Å². The number of anilines is 1. The van der Waals surface area contributed by atoms with Crippen molar-refractivity contribution < 1.29 is 9.90 Å². The van der Waals surface area contributed by atoms with E-state index in [0.717, 1.165) is 11.3 Å². The molecule has 1 aliphatic heterocycles. The van der Waals surface area contributed by atoms with Crippen molar-refractivity contribution >= 4 is 23.2 Å². The highest BCUT2D eigenvalue weighted by atomic mass is 35.5. The molecule has 0 aromatic heterocycles. The lowest BCUT2D eigenvalue weighted by Crippen LogP contribution is -2.25. The number of carbonyl (C=O) groups is 1. The Bertz CT molecular complexity index is 406. The first-order valence-electron chi connectivity index (χ1n) is 4.82. The molecule has 1 fully saturated rings. The summed E-state index contributed by atoms with van der Waals surface area (Å²) >= 11 is 5.88. The molecule has 1 unspecified atom stereocenters. The van der Waals surface area contributed by atoms with E-state index in [1.807, 2.05) is 13.0 Å². The van der Waals surface area contributed by atoms with Gasteiger partial charge in [-0.2, -0.15) is 0 Å². The van der Waals surface area contributed by atoms with E-state index >= 15 is 0 Å². The number of rotatable bonds is 1. The monoisotopic (exact) mass is 225 g/mol. The number of aryl methyl sites for hydroxylation is 1. The predicted octanol–water partition coefficient (Wildman–Crippen LogP) is 1.75. The molecule has 0 aliphatic carbocycles. The number of aliphatic hydroxyl groups is 1. The Balaban J connectivity index is 2.37. The van der Waals surface area contributed by atoms with Crippen LogP contribution in [0.4, 0.5) is 5.69 Å². The van der Waals surface area contributed by atoms with Crippen molar-refractivity contribution in [3.63, 3.8) is 0 Å². The molecule has 3 nitrogen and oxygen atoms in total. The van der Waals surface area contributed by atoms with Crippen molar-refractivity contribution in [2.45, 2.75) is 19.4 Å². The van der Waals surface area contributed by atoms with Gasteiger partial charge in [0.1, 0.15) is 0 Å². The molecule has 2 rings (SSSR count). The SMILES string of the molecule is Cc1ccc(Cl)cc1N1CC(O)CC1=O. The lowest BCUT2D eigenvalue weighted by atomic mass is 10.2. The van der Waals surface area contributed by atoms with E-state index in [-0.39, 0.29) is 12.3 Å². The first-order valence-corrected chi connectivity index (χ1v) is 5.20. The second-order valence-electron chi connectivity index (χ2n) is 3.79. The molecule has 0 radical (unpaired) electrons. The molecule has 1 saturated heterocycles. The predicted molar refractivity (Wildman–Crippen MR) is 59.2 cm³/mol. The van der Waals surface area contributed by atoms with E-state index in [0.29, 0.717) is 11.6 Å². The van der Waals surface area contributed by atoms with Crippen LogP contribution in [0.25, 0.3) is 0 Å². The summed E-state index contributed by atoms with van der Waals surface area (Å²) in [7, 11) is 0. The summed E-state index contributed by atoms with van der Waals surface area (Å²) in [6.45, 7) is 2.28. The zero-order valence-electron chi connectivity index (χ0n) is 8.40. The second kappa shape index (κ2) is 3.83. The maximum Gasteiger partial charge on any atom is 0.229 e. The minimum Gasteiger partial charge on any atom is -0.391 e. The Morgan fingerprint density at radius 3 is 2.87 bits per heavy atom. The fourth-order valence-corrected chi connectivity index (χ4v) is 1.96. The van der Waals surface area contributed by atoms with E-state index in [2.05, 4.69) is 0 Å². The summed E-state index contributed by atoms with van der Waals surface area (Å²) in [5, 5.41) is 10.00. The van der Waals surface area contributed by atoms with Crippen molar-refractivity contribution in [2.75, 3.05) is 11.4 Å². The summed E-state index contributed by atoms with van der Waals surface area (Å²) in [6.07, 6.45) is -0.359. The first-order chi connectivity index (χ1) is 7.08. The van der Waals surface area contributed by atoms with Crippen LogP contribution in [0, 0.1) is 6.92 Å². The highest BCUT2D eigenvalue weighted by Gasteiger charge is 2.29. The fraction of sp³-hybridized carbons (Fsp3) is 0.364. The number of nitrogens with zero attached hydrogens (tertiary/aromatic N) is 1. The lowest BCUT2D eigenvalue weighted by molar-refractivity contribution is -0.117. The van der Waals surface area contributed by atoms with Gasteiger partial charge in [0.2, 0.25) is 5.91 Å². The normalized spacial score (nSPS) is 21.1. The van der Waals surface area contributed by atoms with Gasteiger partial charge >= 0.3 is 0 Å². The summed E-state index contributed by atoms with van der Waals surface area (Å²) in [5.74, 6) is -0.0483. The maximum absolute atomic E-state index is 11.6. The van der Waals surface area contributed by atoms with Gasteiger partial charge in [-0.1, -0.05) is 17.7 Å². The molecule has 1 aromatic carbocycles. The molecule has 1 heterocycles. The third-order valence-corrected chi connectivity index (χ3v) is 2.80. The van der Waals surface area contributed by atoms with Gasteiger partial charge in [-0.15, -0.1) is 0 Å². The summed E-state index contributed by atoms with van der Waals surface area (Å²) in [5.41, 5.74) is 1.78. The van der Waals surface area contributed by atoms with Crippen LogP contribution in [0.5, 0.6) is 0 Å². The highest BCUT2D eigenvalue weighted by molar-refractivity contribution is 6.31. The topological polar surface area (TPSA) is 40.5 Å². The van der Waals surface area contributed by atoms with Crippen LogP contribution in [0.1, 0.15) is 12.0 Å². The standard InChI is InChI=1S/C11H12ClNO2/c1-7-2-3-8(12)4-10(7)13-6-9(14)5-11(13)15/h2-4,9,14H,5-6H2,1H3. The average Bonchev–Trinajstić information content (AvgIpc) is 2.50. The number of hydrogen-bond donors (Lipinski definition) is 1. The number of amides is 1. The Hall–Kier alpha value is -1.06. The van der Waals surface area contributed by atoms with Gasteiger partial charge in [-0.05, 0) is 24.6 Å². The molecule has 1 aliphatic rings. The van der Waals surface area contributed by atoms with Crippen LogP contribution >= 0.6 is 11.6 Å². The Morgan fingerprint density at radius 2 is 2.27 bits per heavy atom. The number of carbonyl (C=O) groups excluding carboxylic acids is 1. The molecule has 1 N–H and O–H groups in total. The van der Waals surface area contributed by atoms with Crippen LogP contribution in [0.15, 0.2) is 18.2 Å². The summed E-state index contributed by atoms with van der Waals surface area (Å²) < 4.78 is 0. The fourth-order valence-electron chi connectivity index (χ4n) is 1.79. The number of hydrogen-bond acceptors (Lipinski definition) is 2. The molecule has 1 atom stereocenters. The first kappa shape index (κ1) is 10.5. The third kappa shape index (κ3) is 1.98. The quantitative estimate of drug-likeness (QED) is 0.791. The Morgan fingerprint density at radius 1 is 1.53 bits per heavy atom. The van der Waals surface area contributed by atoms with Gasteiger partial charge < -0.3 is 10.0 Å². The van der Waals surface area contributed by atoms with Crippen LogP contribution in [-0.2, 0) is 4.79 Å². The van der Waals surface area contributed by atoms with Crippen molar-refractivity contribution in [3.05, 3.63) is 28.8 Å².